The van der Waals surface area contributed by atoms with Crippen molar-refractivity contribution in [2.24, 2.45) is 0 Å². The Hall–Kier alpha value is -2.35. The third-order valence-electron chi connectivity index (χ3n) is 2.21. The first-order valence-electron chi connectivity index (χ1n) is 4.70. The van der Waals surface area contributed by atoms with Crippen molar-refractivity contribution in [2.75, 3.05) is 0 Å². The van der Waals surface area contributed by atoms with Gasteiger partial charge in [-0.25, -0.2) is 5.10 Å². The minimum absolute atomic E-state index is 0.279. The molecule has 84 valence electrons. The Kier molecular flexibility index (Phi) is 2.26. The van der Waals surface area contributed by atoms with E-state index in [2.05, 4.69) is 25.6 Å². The van der Waals surface area contributed by atoms with Crippen molar-refractivity contribution in [2.45, 2.75) is 0 Å². The van der Waals surface area contributed by atoms with E-state index in [1.165, 1.54) is 28.7 Å². The first-order valence-corrected chi connectivity index (χ1v) is 5.64. The van der Waals surface area contributed by atoms with Crippen LogP contribution in [-0.4, -0.2) is 30.4 Å². The Labute approximate surface area is 98.7 Å². The molecule has 0 aromatic carbocycles. The highest BCUT2D eigenvalue weighted by Crippen LogP contribution is 2.23. The van der Waals surface area contributed by atoms with Gasteiger partial charge in [-0.05, 0) is 22.0 Å². The lowest BCUT2D eigenvalue weighted by Gasteiger charge is -2.03. The maximum Gasteiger partial charge on any atom is 0.274 e. The molecule has 0 saturated carbocycles. The predicted octanol–water partition coefficient (Wildman–Crippen LogP) is 0.474. The zero-order valence-corrected chi connectivity index (χ0v) is 9.26. The Morgan fingerprint density at radius 2 is 2.35 bits per heavy atom. The van der Waals surface area contributed by atoms with Crippen LogP contribution in [0.3, 0.4) is 0 Å². The van der Waals surface area contributed by atoms with Gasteiger partial charge < -0.3 is 0 Å². The van der Waals surface area contributed by atoms with Gasteiger partial charge >= 0.3 is 0 Å². The fourth-order valence-electron chi connectivity index (χ4n) is 1.50. The minimum Gasteiger partial charge on any atom is -0.267 e. The quantitative estimate of drug-likeness (QED) is 0.710. The minimum atomic E-state index is -0.279. The van der Waals surface area contributed by atoms with Crippen molar-refractivity contribution in [3.05, 3.63) is 39.7 Å². The van der Waals surface area contributed by atoms with Gasteiger partial charge in [0.2, 0.25) is 0 Å². The molecule has 0 fully saturated rings. The number of rotatable bonds is 2. The molecule has 0 amide bonds. The third-order valence-corrected chi connectivity index (χ3v) is 2.89. The Morgan fingerprint density at radius 1 is 1.41 bits per heavy atom. The maximum atomic E-state index is 11.8. The molecular formula is C9H6N6OS. The van der Waals surface area contributed by atoms with Crippen molar-refractivity contribution in [1.82, 2.24) is 30.4 Å². The Balaban J connectivity index is 2.30. The lowest BCUT2D eigenvalue weighted by molar-refractivity contribution is 0.712. The van der Waals surface area contributed by atoms with E-state index in [1.54, 1.807) is 0 Å². The van der Waals surface area contributed by atoms with Gasteiger partial charge in [0.05, 0.1) is 11.8 Å². The van der Waals surface area contributed by atoms with Crippen LogP contribution in [0, 0.1) is 0 Å². The molecule has 0 aliphatic heterocycles. The number of H-pyrrole nitrogens is 1. The van der Waals surface area contributed by atoms with Gasteiger partial charge in [-0.2, -0.15) is 16.4 Å². The van der Waals surface area contributed by atoms with Crippen molar-refractivity contribution < 1.29 is 0 Å². The third kappa shape index (κ3) is 1.64. The Bertz CT molecular complexity index is 672. The monoisotopic (exact) mass is 246 g/mol. The molecule has 0 unspecified atom stereocenters. The zero-order chi connectivity index (χ0) is 11.7. The van der Waals surface area contributed by atoms with Gasteiger partial charge in [0, 0.05) is 5.56 Å². The number of aromatic amines is 1. The topological polar surface area (TPSA) is 89.4 Å². The smallest absolute Gasteiger partial charge is 0.267 e. The average Bonchev–Trinajstić information content (AvgIpc) is 3.02. The summed E-state index contributed by atoms with van der Waals surface area (Å²) in [5, 5.41) is 21.2. The standard InChI is InChI=1S/C9H6N6OS/c16-9-8(6-1-2-17-4-6)7(3-10-13-9)15-12-5-11-14-15/h1-5H,(H,13,16). The number of hydrogen-bond acceptors (Lipinski definition) is 6. The van der Waals surface area contributed by atoms with E-state index in [-0.39, 0.29) is 5.56 Å². The largest absolute Gasteiger partial charge is 0.274 e. The molecule has 3 aromatic heterocycles. The van der Waals surface area contributed by atoms with Crippen LogP contribution in [0.1, 0.15) is 0 Å². The molecule has 0 saturated heterocycles. The molecule has 0 atom stereocenters. The molecule has 3 aromatic rings. The number of aromatic nitrogens is 6. The lowest BCUT2D eigenvalue weighted by Crippen LogP contribution is -2.15. The van der Waals surface area contributed by atoms with E-state index in [0.29, 0.717) is 11.3 Å². The summed E-state index contributed by atoms with van der Waals surface area (Å²) in [5.74, 6) is 0. The summed E-state index contributed by atoms with van der Waals surface area (Å²) in [7, 11) is 0. The zero-order valence-electron chi connectivity index (χ0n) is 8.44. The Morgan fingerprint density at radius 3 is 3.06 bits per heavy atom. The van der Waals surface area contributed by atoms with E-state index in [0.717, 1.165) is 5.56 Å². The summed E-state index contributed by atoms with van der Waals surface area (Å²) < 4.78 is 0. The molecule has 1 N–H and O–H groups in total. The number of nitrogens with one attached hydrogen (secondary N) is 1. The number of hydrogen-bond donors (Lipinski definition) is 1. The first-order chi connectivity index (χ1) is 8.36. The summed E-state index contributed by atoms with van der Waals surface area (Å²) in [6.45, 7) is 0. The molecule has 3 rings (SSSR count). The van der Waals surface area contributed by atoms with Crippen LogP contribution in [-0.2, 0) is 0 Å². The van der Waals surface area contributed by atoms with Gasteiger partial charge in [-0.3, -0.25) is 4.79 Å². The summed E-state index contributed by atoms with van der Waals surface area (Å²) >= 11 is 1.51. The fourth-order valence-corrected chi connectivity index (χ4v) is 2.15. The van der Waals surface area contributed by atoms with Crippen LogP contribution in [0.25, 0.3) is 16.8 Å². The van der Waals surface area contributed by atoms with E-state index < -0.39 is 0 Å². The first kappa shape index (κ1) is 9.85. The van der Waals surface area contributed by atoms with Crippen molar-refractivity contribution >= 4 is 11.3 Å². The highest BCUT2D eigenvalue weighted by Gasteiger charge is 2.13. The van der Waals surface area contributed by atoms with E-state index in [9.17, 15) is 4.79 Å². The van der Waals surface area contributed by atoms with Crippen LogP contribution in [0.5, 0.6) is 0 Å². The van der Waals surface area contributed by atoms with Gasteiger partial charge in [0.1, 0.15) is 5.69 Å². The molecule has 0 aliphatic rings. The molecule has 0 aliphatic carbocycles. The molecule has 17 heavy (non-hydrogen) atoms. The predicted molar refractivity (Wildman–Crippen MR) is 60.9 cm³/mol. The van der Waals surface area contributed by atoms with Crippen LogP contribution in [0.15, 0.2) is 34.1 Å². The summed E-state index contributed by atoms with van der Waals surface area (Å²) in [6.07, 6.45) is 2.80. The fraction of sp³-hybridized carbons (Fsp3) is 0. The van der Waals surface area contributed by atoms with Crippen molar-refractivity contribution in [1.29, 1.82) is 0 Å². The number of tetrazole rings is 1. The molecule has 7 nitrogen and oxygen atoms in total. The van der Waals surface area contributed by atoms with Gasteiger partial charge in [0.15, 0.2) is 6.33 Å². The van der Waals surface area contributed by atoms with Crippen LogP contribution < -0.4 is 5.56 Å². The maximum absolute atomic E-state index is 11.8. The van der Waals surface area contributed by atoms with Crippen LogP contribution in [0.4, 0.5) is 0 Å². The second-order valence-electron chi connectivity index (χ2n) is 3.20. The van der Waals surface area contributed by atoms with E-state index >= 15 is 0 Å². The molecule has 0 radical (unpaired) electrons. The molecule has 8 heteroatoms. The highest BCUT2D eigenvalue weighted by molar-refractivity contribution is 7.08. The summed E-state index contributed by atoms with van der Waals surface area (Å²) in [4.78, 5) is 13.1. The summed E-state index contributed by atoms with van der Waals surface area (Å²) in [5.41, 5.74) is 1.52. The average molecular weight is 246 g/mol. The SMILES string of the molecule is O=c1[nH]ncc(-n2ncnn2)c1-c1ccsc1. The van der Waals surface area contributed by atoms with Crippen LogP contribution in [0.2, 0.25) is 0 Å². The van der Waals surface area contributed by atoms with E-state index in [4.69, 9.17) is 0 Å². The second kappa shape index (κ2) is 3.91. The number of nitrogens with zero attached hydrogens (tertiary/aromatic N) is 5. The van der Waals surface area contributed by atoms with Gasteiger partial charge in [-0.1, -0.05) is 0 Å². The number of thiophene rings is 1. The second-order valence-corrected chi connectivity index (χ2v) is 3.98. The highest BCUT2D eigenvalue weighted by atomic mass is 32.1. The van der Waals surface area contributed by atoms with Crippen LogP contribution >= 0.6 is 11.3 Å². The molecule has 3 heterocycles. The van der Waals surface area contributed by atoms with Crippen molar-refractivity contribution in [3.63, 3.8) is 0 Å². The van der Waals surface area contributed by atoms with Gasteiger partial charge in [0.25, 0.3) is 5.56 Å². The summed E-state index contributed by atoms with van der Waals surface area (Å²) in [6, 6.07) is 1.86. The normalized spacial score (nSPS) is 10.6. The molecule has 0 spiro atoms. The molecular weight excluding hydrogens is 240 g/mol. The van der Waals surface area contributed by atoms with Gasteiger partial charge in [-0.15, -0.1) is 15.0 Å². The van der Waals surface area contributed by atoms with E-state index in [1.807, 2.05) is 16.8 Å². The lowest BCUT2D eigenvalue weighted by atomic mass is 10.1. The molecule has 0 bridgehead atoms. The van der Waals surface area contributed by atoms with Crippen molar-refractivity contribution in [3.8, 4) is 16.8 Å².